The van der Waals surface area contributed by atoms with E-state index in [2.05, 4.69) is 29.0 Å². The molecular weight excluding hydrogens is 284 g/mol. The van der Waals surface area contributed by atoms with Crippen LogP contribution in [0.15, 0.2) is 6.20 Å². The fourth-order valence-electron chi connectivity index (χ4n) is 2.82. The summed E-state index contributed by atoms with van der Waals surface area (Å²) >= 11 is 1.70. The van der Waals surface area contributed by atoms with Crippen LogP contribution in [0.2, 0.25) is 0 Å². The van der Waals surface area contributed by atoms with E-state index in [-0.39, 0.29) is 12.1 Å². The van der Waals surface area contributed by atoms with Crippen LogP contribution in [0.25, 0.3) is 0 Å². The molecule has 21 heavy (non-hydrogen) atoms. The molecule has 1 aliphatic heterocycles. The molecule has 6 heteroatoms. The molecule has 0 unspecified atom stereocenters. The number of likely N-dealkylation sites (N-methyl/N-ethyl adjacent to an activating group) is 1. The smallest absolute Gasteiger partial charge is 0.318 e. The third-order valence-corrected chi connectivity index (χ3v) is 5.38. The van der Waals surface area contributed by atoms with Crippen molar-refractivity contribution in [3.63, 3.8) is 0 Å². The Morgan fingerprint density at radius 2 is 2.14 bits per heavy atom. The molecule has 1 atom stereocenters. The molecule has 116 valence electrons. The van der Waals surface area contributed by atoms with Crippen LogP contribution in [0, 0.1) is 12.8 Å². The lowest BCUT2D eigenvalue weighted by Crippen LogP contribution is -2.52. The molecule has 0 bridgehead atoms. The largest absolute Gasteiger partial charge is 0.328 e. The number of nitrogens with zero attached hydrogens (tertiary/aromatic N) is 3. The Labute approximate surface area is 130 Å². The Kier molecular flexibility index (Phi) is 4.45. The molecular formula is C15H24N4OS. The molecule has 0 aromatic carbocycles. The minimum absolute atomic E-state index is 0.0792. The maximum absolute atomic E-state index is 12.5. The van der Waals surface area contributed by atoms with E-state index in [9.17, 15) is 4.79 Å². The SMILES string of the molecule is CCN1CCN(C(=O)N[C@H](c2ncc(C)s2)C2CC2)CC1. The van der Waals surface area contributed by atoms with Crippen molar-refractivity contribution < 1.29 is 4.79 Å². The first kappa shape index (κ1) is 14.8. The van der Waals surface area contributed by atoms with Crippen molar-refractivity contribution in [1.29, 1.82) is 0 Å². The molecule has 2 aliphatic rings. The van der Waals surface area contributed by atoms with Gasteiger partial charge in [0.25, 0.3) is 0 Å². The Hall–Kier alpha value is -1.14. The van der Waals surface area contributed by atoms with Gasteiger partial charge in [-0.15, -0.1) is 11.3 Å². The van der Waals surface area contributed by atoms with Gasteiger partial charge in [-0.1, -0.05) is 6.92 Å². The van der Waals surface area contributed by atoms with Crippen LogP contribution >= 0.6 is 11.3 Å². The molecule has 1 aromatic heterocycles. The number of rotatable bonds is 4. The van der Waals surface area contributed by atoms with Crippen molar-refractivity contribution in [2.45, 2.75) is 32.7 Å². The molecule has 1 aliphatic carbocycles. The number of piperazine rings is 1. The van der Waals surface area contributed by atoms with Gasteiger partial charge in [0.05, 0.1) is 6.04 Å². The van der Waals surface area contributed by atoms with Gasteiger partial charge in [0.15, 0.2) is 0 Å². The van der Waals surface area contributed by atoms with Crippen LogP contribution in [-0.2, 0) is 0 Å². The lowest BCUT2D eigenvalue weighted by Gasteiger charge is -2.34. The average Bonchev–Trinajstić information content (AvgIpc) is 3.26. The summed E-state index contributed by atoms with van der Waals surface area (Å²) in [6, 6.07) is 0.191. The molecule has 1 aromatic rings. The van der Waals surface area contributed by atoms with E-state index in [4.69, 9.17) is 0 Å². The first-order valence-corrected chi connectivity index (χ1v) is 8.69. The van der Waals surface area contributed by atoms with Crippen LogP contribution in [0.5, 0.6) is 0 Å². The predicted molar refractivity (Wildman–Crippen MR) is 84.5 cm³/mol. The second-order valence-corrected chi connectivity index (χ2v) is 7.26. The summed E-state index contributed by atoms with van der Waals surface area (Å²) in [5.74, 6) is 0.580. The normalized spacial score (nSPS) is 21.3. The molecule has 1 saturated heterocycles. The molecule has 3 rings (SSSR count). The van der Waals surface area contributed by atoms with Crippen molar-refractivity contribution in [2.75, 3.05) is 32.7 Å². The molecule has 0 spiro atoms. The third kappa shape index (κ3) is 3.55. The van der Waals surface area contributed by atoms with E-state index in [1.165, 1.54) is 17.7 Å². The van der Waals surface area contributed by atoms with Gasteiger partial charge in [-0.3, -0.25) is 0 Å². The zero-order valence-corrected chi connectivity index (χ0v) is 13.7. The number of carbonyl (C=O) groups excluding carboxylic acids is 1. The number of thiazole rings is 1. The number of aromatic nitrogens is 1. The maximum atomic E-state index is 12.5. The number of hydrogen-bond acceptors (Lipinski definition) is 4. The number of nitrogens with one attached hydrogen (secondary N) is 1. The van der Waals surface area contributed by atoms with E-state index in [1.54, 1.807) is 11.3 Å². The summed E-state index contributed by atoms with van der Waals surface area (Å²) in [4.78, 5) is 22.5. The summed E-state index contributed by atoms with van der Waals surface area (Å²) in [7, 11) is 0. The van der Waals surface area contributed by atoms with Gasteiger partial charge in [0.1, 0.15) is 5.01 Å². The van der Waals surface area contributed by atoms with Crippen molar-refractivity contribution in [1.82, 2.24) is 20.1 Å². The Balaban J connectivity index is 1.60. The maximum Gasteiger partial charge on any atom is 0.318 e. The van der Waals surface area contributed by atoms with Crippen LogP contribution in [-0.4, -0.2) is 53.5 Å². The Morgan fingerprint density at radius 1 is 1.43 bits per heavy atom. The molecule has 1 N–H and O–H groups in total. The molecule has 5 nitrogen and oxygen atoms in total. The number of aryl methyl sites for hydroxylation is 1. The topological polar surface area (TPSA) is 48.5 Å². The first-order chi connectivity index (χ1) is 10.2. The summed E-state index contributed by atoms with van der Waals surface area (Å²) in [5, 5.41) is 4.29. The first-order valence-electron chi connectivity index (χ1n) is 7.87. The van der Waals surface area contributed by atoms with Gasteiger partial charge in [0.2, 0.25) is 0 Å². The number of urea groups is 1. The van der Waals surface area contributed by atoms with Gasteiger partial charge in [-0.05, 0) is 32.2 Å². The molecule has 0 radical (unpaired) electrons. The highest BCUT2D eigenvalue weighted by molar-refractivity contribution is 7.11. The van der Waals surface area contributed by atoms with Gasteiger partial charge in [-0.25, -0.2) is 9.78 Å². The highest BCUT2D eigenvalue weighted by Gasteiger charge is 2.36. The molecule has 1 saturated carbocycles. The number of carbonyl (C=O) groups is 1. The lowest BCUT2D eigenvalue weighted by molar-refractivity contribution is 0.140. The summed E-state index contributed by atoms with van der Waals surface area (Å²) in [6.45, 7) is 8.92. The molecule has 2 heterocycles. The van der Waals surface area contributed by atoms with Gasteiger partial charge in [-0.2, -0.15) is 0 Å². The quantitative estimate of drug-likeness (QED) is 0.928. The van der Waals surface area contributed by atoms with Gasteiger partial charge >= 0.3 is 6.03 Å². The third-order valence-electron chi connectivity index (χ3n) is 4.38. The van der Waals surface area contributed by atoms with Crippen LogP contribution < -0.4 is 5.32 Å². The summed E-state index contributed by atoms with van der Waals surface area (Å²) < 4.78 is 0. The average molecular weight is 308 g/mol. The van der Waals surface area contributed by atoms with Crippen molar-refractivity contribution in [2.24, 2.45) is 5.92 Å². The fraction of sp³-hybridized carbons (Fsp3) is 0.733. The van der Waals surface area contributed by atoms with E-state index in [0.717, 1.165) is 37.7 Å². The fourth-order valence-corrected chi connectivity index (χ4v) is 3.74. The van der Waals surface area contributed by atoms with E-state index >= 15 is 0 Å². The minimum Gasteiger partial charge on any atom is -0.328 e. The van der Waals surface area contributed by atoms with Crippen LogP contribution in [0.4, 0.5) is 4.79 Å². The van der Waals surface area contributed by atoms with Crippen molar-refractivity contribution >= 4 is 17.4 Å². The van der Waals surface area contributed by atoms with E-state index < -0.39 is 0 Å². The number of hydrogen-bond donors (Lipinski definition) is 1. The summed E-state index contributed by atoms with van der Waals surface area (Å²) in [5.41, 5.74) is 0. The van der Waals surface area contributed by atoms with Crippen LogP contribution in [0.1, 0.15) is 35.7 Å². The van der Waals surface area contributed by atoms with Gasteiger partial charge < -0.3 is 15.1 Å². The zero-order chi connectivity index (χ0) is 14.8. The summed E-state index contributed by atoms with van der Waals surface area (Å²) in [6.07, 6.45) is 4.31. The highest BCUT2D eigenvalue weighted by Crippen LogP contribution is 2.42. The second kappa shape index (κ2) is 6.32. The van der Waals surface area contributed by atoms with Crippen molar-refractivity contribution in [3.05, 3.63) is 16.1 Å². The van der Waals surface area contributed by atoms with Gasteiger partial charge in [0, 0.05) is 37.3 Å². The van der Waals surface area contributed by atoms with Crippen LogP contribution in [0.3, 0.4) is 0 Å². The molecule has 2 amide bonds. The highest BCUT2D eigenvalue weighted by atomic mass is 32.1. The lowest BCUT2D eigenvalue weighted by atomic mass is 10.2. The minimum atomic E-state index is 0.0792. The Bertz CT molecular complexity index is 492. The standard InChI is InChI=1S/C15H24N4OS/c1-3-18-6-8-19(9-7-18)15(20)17-13(12-4-5-12)14-16-10-11(2)21-14/h10,12-13H,3-9H2,1-2H3,(H,17,20)/t13-/m0/s1. The second-order valence-electron chi connectivity index (χ2n) is 6.00. The monoisotopic (exact) mass is 308 g/mol. The Morgan fingerprint density at radius 3 is 2.67 bits per heavy atom. The van der Waals surface area contributed by atoms with E-state index in [1.807, 2.05) is 11.1 Å². The molecule has 2 fully saturated rings. The van der Waals surface area contributed by atoms with Crippen molar-refractivity contribution in [3.8, 4) is 0 Å². The van der Waals surface area contributed by atoms with E-state index in [0.29, 0.717) is 5.92 Å². The number of amides is 2. The predicted octanol–water partition coefficient (Wildman–Crippen LogP) is 2.25. The zero-order valence-electron chi connectivity index (χ0n) is 12.8.